The van der Waals surface area contributed by atoms with Crippen LogP contribution in [0.4, 0.5) is 11.4 Å². The summed E-state index contributed by atoms with van der Waals surface area (Å²) in [6.07, 6.45) is 3.75. The molecule has 3 fully saturated rings. The Morgan fingerprint density at radius 2 is 1.79 bits per heavy atom. The Kier molecular flexibility index (Phi) is 9.72. The second-order valence-corrected chi connectivity index (χ2v) is 12.2. The van der Waals surface area contributed by atoms with Crippen LogP contribution in [-0.2, 0) is 23.9 Å². The van der Waals surface area contributed by atoms with E-state index in [-0.39, 0.29) is 37.5 Å². The van der Waals surface area contributed by atoms with Gasteiger partial charge in [0.1, 0.15) is 17.6 Å². The Hall–Kier alpha value is -2.91. The molecule has 6 atom stereocenters. The molecule has 1 aromatic rings. The number of nitrogens with zero attached hydrogens (tertiary/aromatic N) is 3. The number of aliphatic hydroxyl groups excluding tert-OH is 1. The van der Waals surface area contributed by atoms with Crippen LogP contribution in [0.2, 0.25) is 0 Å². The van der Waals surface area contributed by atoms with Crippen molar-refractivity contribution >= 4 is 29.2 Å². The zero-order valence-electron chi connectivity index (χ0n) is 26.2. The van der Waals surface area contributed by atoms with Crippen molar-refractivity contribution in [1.82, 2.24) is 4.90 Å². The monoisotopic (exact) mass is 583 g/mol. The maximum atomic E-state index is 14.8. The van der Waals surface area contributed by atoms with Crippen molar-refractivity contribution in [2.45, 2.75) is 90.5 Å². The highest BCUT2D eigenvalue weighted by molar-refractivity contribution is 6.05. The van der Waals surface area contributed by atoms with Gasteiger partial charge in [0, 0.05) is 31.0 Å². The molecule has 3 saturated heterocycles. The molecule has 1 N–H and O–H groups in total. The normalized spacial score (nSPS) is 28.6. The molecule has 2 unspecified atom stereocenters. The lowest BCUT2D eigenvalue weighted by molar-refractivity contribution is -0.161. The number of benzene rings is 1. The van der Waals surface area contributed by atoms with Crippen molar-refractivity contribution in [3.05, 3.63) is 36.9 Å². The Balaban J connectivity index is 1.83. The first-order valence-electron chi connectivity index (χ1n) is 15.7. The molecule has 0 aromatic heterocycles. The van der Waals surface area contributed by atoms with E-state index in [2.05, 4.69) is 25.3 Å². The van der Waals surface area contributed by atoms with Crippen LogP contribution in [0, 0.1) is 17.8 Å². The average Bonchev–Trinajstić information content (AvgIpc) is 3.59. The van der Waals surface area contributed by atoms with Crippen molar-refractivity contribution < 1.29 is 29.0 Å². The van der Waals surface area contributed by atoms with Gasteiger partial charge >= 0.3 is 5.97 Å². The van der Waals surface area contributed by atoms with Crippen LogP contribution in [-0.4, -0.2) is 83.9 Å². The van der Waals surface area contributed by atoms with Gasteiger partial charge in [0.05, 0.1) is 30.8 Å². The minimum Gasteiger partial charge on any atom is -0.466 e. The summed E-state index contributed by atoms with van der Waals surface area (Å²) in [5, 5.41) is 10.6. The number of carbonyl (C=O) groups is 3. The number of likely N-dealkylation sites (tertiary alicyclic amines) is 1. The number of fused-ring (bicyclic) bond motifs is 1. The maximum absolute atomic E-state index is 14.8. The topological polar surface area (TPSA) is 99.6 Å². The number of hydrogen-bond acceptors (Lipinski definition) is 7. The molecule has 0 saturated carbocycles. The van der Waals surface area contributed by atoms with Gasteiger partial charge in [0.25, 0.3) is 5.91 Å². The molecule has 1 spiro atoms. The van der Waals surface area contributed by atoms with Crippen molar-refractivity contribution in [3.63, 3.8) is 0 Å². The molecular formula is C33H49N3O6. The lowest BCUT2D eigenvalue weighted by Gasteiger charge is -2.40. The van der Waals surface area contributed by atoms with Gasteiger partial charge in [-0.2, -0.15) is 0 Å². The number of amides is 2. The maximum Gasteiger partial charge on any atom is 0.312 e. The summed E-state index contributed by atoms with van der Waals surface area (Å²) < 4.78 is 12.3. The van der Waals surface area contributed by atoms with Gasteiger partial charge in [-0.15, -0.1) is 6.58 Å². The van der Waals surface area contributed by atoms with E-state index in [1.807, 2.05) is 45.0 Å². The van der Waals surface area contributed by atoms with Gasteiger partial charge in [-0.05, 0) is 76.6 Å². The first kappa shape index (κ1) is 32.0. The van der Waals surface area contributed by atoms with Gasteiger partial charge in [0.15, 0.2) is 0 Å². The largest absolute Gasteiger partial charge is 0.466 e. The Morgan fingerprint density at radius 3 is 2.31 bits per heavy atom. The molecule has 3 heterocycles. The lowest BCUT2D eigenvalue weighted by Crippen LogP contribution is -2.59. The molecule has 9 heteroatoms. The molecule has 0 aliphatic carbocycles. The summed E-state index contributed by atoms with van der Waals surface area (Å²) in [6, 6.07) is 6.25. The summed E-state index contributed by atoms with van der Waals surface area (Å²) in [5.41, 5.74) is -0.305. The summed E-state index contributed by atoms with van der Waals surface area (Å²) in [4.78, 5) is 48.2. The van der Waals surface area contributed by atoms with Gasteiger partial charge < -0.3 is 29.3 Å². The lowest BCUT2D eigenvalue weighted by atomic mass is 9.65. The summed E-state index contributed by atoms with van der Waals surface area (Å²) in [6.45, 7) is 17.7. The number of carbonyl (C=O) groups excluding carboxylic acids is 3. The zero-order chi connectivity index (χ0) is 30.8. The zero-order valence-corrected chi connectivity index (χ0v) is 26.2. The molecule has 2 amide bonds. The van der Waals surface area contributed by atoms with Crippen LogP contribution < -0.4 is 9.80 Å². The van der Waals surface area contributed by atoms with Crippen molar-refractivity contribution in [2.24, 2.45) is 17.8 Å². The molecule has 2 bridgehead atoms. The fourth-order valence-electron chi connectivity index (χ4n) is 7.77. The number of anilines is 2. The van der Waals surface area contributed by atoms with Gasteiger partial charge in [-0.3, -0.25) is 14.4 Å². The predicted octanol–water partition coefficient (Wildman–Crippen LogP) is 4.18. The summed E-state index contributed by atoms with van der Waals surface area (Å²) >= 11 is 0. The van der Waals surface area contributed by atoms with E-state index in [0.717, 1.165) is 18.8 Å². The molecular weight excluding hydrogens is 534 g/mol. The molecule has 9 nitrogen and oxygen atoms in total. The first-order valence-corrected chi connectivity index (χ1v) is 15.7. The molecule has 1 aromatic carbocycles. The van der Waals surface area contributed by atoms with E-state index in [4.69, 9.17) is 9.47 Å². The van der Waals surface area contributed by atoms with E-state index >= 15 is 0 Å². The van der Waals surface area contributed by atoms with Crippen LogP contribution >= 0.6 is 0 Å². The van der Waals surface area contributed by atoms with Gasteiger partial charge in [-0.1, -0.05) is 26.8 Å². The van der Waals surface area contributed by atoms with Crippen LogP contribution in [0.15, 0.2) is 36.9 Å². The quantitative estimate of drug-likeness (QED) is 0.259. The number of rotatable bonds is 14. The van der Waals surface area contributed by atoms with Crippen molar-refractivity contribution in [2.75, 3.05) is 42.6 Å². The number of hydrogen-bond donors (Lipinski definition) is 1. The predicted molar refractivity (Wildman–Crippen MR) is 163 cm³/mol. The van der Waals surface area contributed by atoms with E-state index in [0.29, 0.717) is 31.4 Å². The highest BCUT2D eigenvalue weighted by atomic mass is 16.6. The fraction of sp³-hybridized carbons (Fsp3) is 0.667. The molecule has 3 aliphatic rings. The summed E-state index contributed by atoms with van der Waals surface area (Å²) in [7, 11) is 0. The van der Waals surface area contributed by atoms with Crippen molar-refractivity contribution in [1.29, 1.82) is 0 Å². The van der Waals surface area contributed by atoms with Crippen LogP contribution in [0.5, 0.6) is 0 Å². The molecule has 3 aliphatic heterocycles. The van der Waals surface area contributed by atoms with E-state index in [9.17, 15) is 19.5 Å². The standard InChI is InChI=1S/C33H49N3O6/c1-8-19-35(24-15-13-23(14-16-24)34(10-3)11-4)30(39)28-33-18-17-32(9-2,42-33)27(31(40)41-12-5)26(33)29(38)36(28)25(21-37)20-22(6)7/h8,13-16,22,25-28,37H,1,9-12,17-21H2,2-7H3/t25-,26+,27+,28?,32-,33?/m1/s1. The third-order valence-electron chi connectivity index (χ3n) is 9.61. The average molecular weight is 584 g/mol. The second-order valence-electron chi connectivity index (χ2n) is 12.2. The minimum atomic E-state index is -1.19. The van der Waals surface area contributed by atoms with E-state index in [1.165, 1.54) is 0 Å². The summed E-state index contributed by atoms with van der Waals surface area (Å²) in [5.74, 6) is -2.54. The Morgan fingerprint density at radius 1 is 1.14 bits per heavy atom. The van der Waals surface area contributed by atoms with E-state index < -0.39 is 41.1 Å². The second kappa shape index (κ2) is 12.8. The smallest absolute Gasteiger partial charge is 0.312 e. The van der Waals surface area contributed by atoms with Gasteiger partial charge in [0.2, 0.25) is 5.91 Å². The Bertz CT molecular complexity index is 1150. The van der Waals surface area contributed by atoms with E-state index in [1.54, 1.807) is 22.8 Å². The number of aliphatic hydroxyl groups is 1. The molecule has 232 valence electrons. The van der Waals surface area contributed by atoms with Crippen LogP contribution in [0.3, 0.4) is 0 Å². The highest BCUT2D eigenvalue weighted by Gasteiger charge is 2.79. The van der Waals surface area contributed by atoms with Crippen LogP contribution in [0.1, 0.15) is 67.2 Å². The van der Waals surface area contributed by atoms with Crippen LogP contribution in [0.25, 0.3) is 0 Å². The Labute approximate surface area is 250 Å². The molecule has 42 heavy (non-hydrogen) atoms. The number of esters is 1. The van der Waals surface area contributed by atoms with Gasteiger partial charge in [-0.25, -0.2) is 0 Å². The molecule has 0 radical (unpaired) electrons. The molecule has 4 rings (SSSR count). The van der Waals surface area contributed by atoms with Crippen molar-refractivity contribution in [3.8, 4) is 0 Å². The fourth-order valence-corrected chi connectivity index (χ4v) is 7.77. The SMILES string of the molecule is C=CCN(C(=O)C1N([C@@H](CO)CC(C)C)C(=O)[C@@H]2[C@@H](C(=O)OCC)[C@@]3(CC)CCC12O3)c1ccc(N(CC)CC)cc1. The third kappa shape index (κ3) is 5.12. The third-order valence-corrected chi connectivity index (χ3v) is 9.61. The highest BCUT2D eigenvalue weighted by Crippen LogP contribution is 2.65. The number of ether oxygens (including phenoxy) is 2. The minimum absolute atomic E-state index is 0.167. The first-order chi connectivity index (χ1) is 20.1.